The van der Waals surface area contributed by atoms with Crippen molar-refractivity contribution in [3.8, 4) is 0 Å². The van der Waals surface area contributed by atoms with Gasteiger partial charge in [0.15, 0.2) is 0 Å². The van der Waals surface area contributed by atoms with Crippen LogP contribution in [0.2, 0.25) is 0 Å². The second-order valence-electron chi connectivity index (χ2n) is 6.81. The molecular weight excluding hydrogens is 356 g/mol. The maximum Gasteiger partial charge on any atom is 0.236 e. The molecule has 2 N–H and O–H groups in total. The summed E-state index contributed by atoms with van der Waals surface area (Å²) < 4.78 is 0. The van der Waals surface area contributed by atoms with Crippen LogP contribution in [-0.2, 0) is 32.4 Å². The number of imide groups is 1. The topological polar surface area (TPSA) is 74.3 Å². The summed E-state index contributed by atoms with van der Waals surface area (Å²) in [5, 5.41) is 5.82. The molecule has 7 heteroatoms. The number of rotatable bonds is 5. The Labute approximate surface area is 159 Å². The molecule has 0 spiro atoms. The third-order valence-corrected chi connectivity index (χ3v) is 5.16. The van der Waals surface area contributed by atoms with Gasteiger partial charge in [-0.05, 0) is 44.5 Å². The molecule has 0 aliphatic carbocycles. The van der Waals surface area contributed by atoms with Crippen LogP contribution in [0.1, 0.15) is 38.2 Å². The Bertz CT molecular complexity index is 616. The van der Waals surface area contributed by atoms with Gasteiger partial charge in [0.2, 0.25) is 11.8 Å². The van der Waals surface area contributed by atoms with E-state index in [4.69, 9.17) is 0 Å². The zero-order valence-corrected chi connectivity index (χ0v) is 15.9. The summed E-state index contributed by atoms with van der Waals surface area (Å²) in [6.07, 6.45) is 4.59. The minimum atomic E-state index is -0.689. The van der Waals surface area contributed by atoms with E-state index in [1.54, 1.807) is 6.20 Å². The fourth-order valence-electron chi connectivity index (χ4n) is 3.52. The van der Waals surface area contributed by atoms with Crippen molar-refractivity contribution in [2.24, 2.45) is 0 Å². The molecule has 2 aliphatic rings. The molecule has 1 aromatic rings. The van der Waals surface area contributed by atoms with Crippen LogP contribution in [0.25, 0.3) is 0 Å². The van der Waals surface area contributed by atoms with Crippen molar-refractivity contribution < 1.29 is 27.0 Å². The number of amides is 2. The van der Waals surface area contributed by atoms with Crippen molar-refractivity contribution in [3.63, 3.8) is 0 Å². The molecule has 6 nitrogen and oxygen atoms in total. The van der Waals surface area contributed by atoms with Gasteiger partial charge in [0.1, 0.15) is 5.82 Å². The van der Waals surface area contributed by atoms with Crippen molar-refractivity contribution in [1.29, 1.82) is 0 Å². The van der Waals surface area contributed by atoms with E-state index in [2.05, 4.69) is 27.4 Å². The van der Waals surface area contributed by atoms with Crippen LogP contribution in [-0.4, -0.2) is 42.5 Å². The number of hydrogen-bond acceptors (Lipinski definition) is 5. The molecule has 0 bridgehead atoms. The van der Waals surface area contributed by atoms with E-state index in [0.29, 0.717) is 18.9 Å². The molecule has 2 aliphatic heterocycles. The van der Waals surface area contributed by atoms with E-state index in [1.165, 1.54) is 0 Å². The molecule has 3 heterocycles. The summed E-state index contributed by atoms with van der Waals surface area (Å²) in [6.45, 7) is 8.70. The van der Waals surface area contributed by atoms with E-state index < -0.39 is 5.41 Å². The number of piperidine rings is 1. The number of anilines is 1. The minimum absolute atomic E-state index is 0. The van der Waals surface area contributed by atoms with Gasteiger partial charge in [-0.1, -0.05) is 6.07 Å². The molecule has 0 aromatic carbocycles. The molecule has 1 aromatic heterocycles. The molecule has 0 saturated carbocycles. The smallest absolute Gasteiger partial charge is 0.236 e. The summed E-state index contributed by atoms with van der Waals surface area (Å²) in [5.41, 5.74) is 0.168. The van der Waals surface area contributed by atoms with Crippen molar-refractivity contribution in [2.45, 2.75) is 44.1 Å². The molecule has 2 atom stereocenters. The Morgan fingerprint density at radius 3 is 2.76 bits per heavy atom. The summed E-state index contributed by atoms with van der Waals surface area (Å²) in [5.74, 6) is 0.493. The van der Waals surface area contributed by atoms with Crippen molar-refractivity contribution in [1.82, 2.24) is 15.6 Å². The third-order valence-electron chi connectivity index (χ3n) is 5.16. The van der Waals surface area contributed by atoms with Crippen molar-refractivity contribution >= 4 is 17.6 Å². The number of carbonyl (C=O) groups excluding carboxylic acids is 2. The minimum Gasteiger partial charge on any atom is -0.355 e. The average Bonchev–Trinajstić information content (AvgIpc) is 3.11. The summed E-state index contributed by atoms with van der Waals surface area (Å²) in [6, 6.07) is 4.39. The van der Waals surface area contributed by atoms with E-state index in [1.807, 2.05) is 19.1 Å². The van der Waals surface area contributed by atoms with Gasteiger partial charge in [0.05, 0.1) is 5.41 Å². The van der Waals surface area contributed by atoms with Gasteiger partial charge in [-0.25, -0.2) is 4.98 Å². The molecule has 25 heavy (non-hydrogen) atoms. The van der Waals surface area contributed by atoms with Crippen LogP contribution in [0.15, 0.2) is 18.3 Å². The molecule has 2 unspecified atom stereocenters. The predicted molar refractivity (Wildman–Crippen MR) is 92.6 cm³/mol. The van der Waals surface area contributed by atoms with Crippen LogP contribution >= 0.6 is 0 Å². The van der Waals surface area contributed by atoms with Crippen LogP contribution in [0.4, 0.5) is 5.82 Å². The number of hydrogen-bond donors (Lipinski definition) is 2. The molecule has 0 radical (unpaired) electrons. The number of pyridine rings is 1. The number of nitrogens with zero attached hydrogens (tertiary/aromatic N) is 2. The maximum atomic E-state index is 12.3. The largest absolute Gasteiger partial charge is 0.355 e. The fourth-order valence-corrected chi connectivity index (χ4v) is 3.52. The SMILES string of the molecule is [CH2-]CCN(c1ccc(C2(C)CCC(=O)NC2=O)cn1)C1CCNC1.[Cr]. The van der Waals surface area contributed by atoms with Gasteiger partial charge < -0.3 is 17.1 Å². The fraction of sp³-hybridized carbons (Fsp3) is 0.556. The Hall–Kier alpha value is -1.42. The monoisotopic (exact) mass is 381 g/mol. The van der Waals surface area contributed by atoms with Crippen molar-refractivity contribution in [2.75, 3.05) is 24.5 Å². The molecule has 2 saturated heterocycles. The first-order valence-corrected chi connectivity index (χ1v) is 8.62. The van der Waals surface area contributed by atoms with Crippen LogP contribution in [0, 0.1) is 6.92 Å². The second kappa shape index (κ2) is 8.31. The second-order valence-corrected chi connectivity index (χ2v) is 6.81. The van der Waals surface area contributed by atoms with Gasteiger partial charge >= 0.3 is 0 Å². The quantitative estimate of drug-likeness (QED) is 0.592. The van der Waals surface area contributed by atoms with E-state index >= 15 is 0 Å². The van der Waals surface area contributed by atoms with Gasteiger partial charge in [0, 0.05) is 42.6 Å². The van der Waals surface area contributed by atoms with Gasteiger partial charge in [-0.2, -0.15) is 6.42 Å². The molecule has 2 fully saturated rings. The summed E-state index contributed by atoms with van der Waals surface area (Å²) in [7, 11) is 0. The molecule has 136 valence electrons. The maximum absolute atomic E-state index is 12.3. The zero-order valence-electron chi connectivity index (χ0n) is 14.6. The summed E-state index contributed by atoms with van der Waals surface area (Å²) in [4.78, 5) is 30.6. The van der Waals surface area contributed by atoms with Crippen LogP contribution in [0.5, 0.6) is 0 Å². The van der Waals surface area contributed by atoms with E-state index in [-0.39, 0.29) is 29.2 Å². The Morgan fingerprint density at radius 2 is 2.20 bits per heavy atom. The molecule has 2 amide bonds. The third kappa shape index (κ3) is 4.05. The normalized spacial score (nSPS) is 26.1. The zero-order chi connectivity index (χ0) is 17.2. The first kappa shape index (κ1) is 19.9. The van der Waals surface area contributed by atoms with E-state index in [9.17, 15) is 9.59 Å². The first-order valence-electron chi connectivity index (χ1n) is 8.62. The van der Waals surface area contributed by atoms with E-state index in [0.717, 1.165) is 43.9 Å². The van der Waals surface area contributed by atoms with Gasteiger partial charge in [-0.15, -0.1) is 0 Å². The Morgan fingerprint density at radius 1 is 1.40 bits per heavy atom. The standard InChI is InChI=1S/C18H25N4O2.Cr/c1-3-10-22(14-7-9-19-12-14)15-5-4-13(11-20-15)18(2)8-6-16(23)21-17(18)24;/h4-5,11,14,19H,1,3,6-10,12H2,2H3,(H,21,23,24);/q-1;. The summed E-state index contributed by atoms with van der Waals surface area (Å²) >= 11 is 0. The van der Waals surface area contributed by atoms with Crippen LogP contribution < -0.4 is 15.5 Å². The number of carbonyl (C=O) groups is 2. The number of aromatic nitrogens is 1. The molecule has 3 rings (SSSR count). The molecular formula is C18H25CrN4O2-. The Balaban J connectivity index is 0.00000225. The van der Waals surface area contributed by atoms with Gasteiger partial charge in [0.25, 0.3) is 0 Å². The van der Waals surface area contributed by atoms with Crippen molar-refractivity contribution in [3.05, 3.63) is 30.8 Å². The first-order chi connectivity index (χ1) is 11.5. The Kier molecular flexibility index (Phi) is 6.61. The predicted octanol–water partition coefficient (Wildman–Crippen LogP) is 1.17. The van der Waals surface area contributed by atoms with Crippen LogP contribution in [0.3, 0.4) is 0 Å². The van der Waals surface area contributed by atoms with Gasteiger partial charge in [-0.3, -0.25) is 14.9 Å². The average molecular weight is 381 g/mol. The number of nitrogens with one attached hydrogen (secondary N) is 2.